The van der Waals surface area contributed by atoms with Gasteiger partial charge in [0.15, 0.2) is 0 Å². The molecule has 0 bridgehead atoms. The quantitative estimate of drug-likeness (QED) is 0.570. The number of aryl methyl sites for hydroxylation is 1. The Labute approximate surface area is 182 Å². The summed E-state index contributed by atoms with van der Waals surface area (Å²) in [5.74, 6) is 0.546. The normalized spacial score (nSPS) is 14.3. The third kappa shape index (κ3) is 4.38. The fourth-order valence-electron chi connectivity index (χ4n) is 3.28. The van der Waals surface area contributed by atoms with Gasteiger partial charge in [-0.25, -0.2) is 4.90 Å². The van der Waals surface area contributed by atoms with Gasteiger partial charge in [0.2, 0.25) is 0 Å². The van der Waals surface area contributed by atoms with Gasteiger partial charge in [-0.1, -0.05) is 32.0 Å². The van der Waals surface area contributed by atoms with E-state index in [1.807, 2.05) is 65.0 Å². The lowest BCUT2D eigenvalue weighted by molar-refractivity contribution is -0.119. The van der Waals surface area contributed by atoms with Crippen LogP contribution in [0.15, 0.2) is 47.4 Å². The van der Waals surface area contributed by atoms with E-state index in [1.54, 1.807) is 12.1 Å². The first kappa shape index (κ1) is 22.0. The Kier molecular flexibility index (Phi) is 6.56. The van der Waals surface area contributed by atoms with Gasteiger partial charge >= 0.3 is 0 Å². The molecule has 5 nitrogen and oxygen atoms in total. The molecule has 0 aromatic heterocycles. The smallest absolute Gasteiger partial charge is 0.272 e. The second kappa shape index (κ2) is 8.96. The van der Waals surface area contributed by atoms with Crippen molar-refractivity contribution in [3.05, 3.63) is 58.5 Å². The van der Waals surface area contributed by atoms with Crippen LogP contribution in [0.4, 0.5) is 5.69 Å². The highest BCUT2D eigenvalue weighted by Crippen LogP contribution is 2.42. The second-order valence-electron chi connectivity index (χ2n) is 7.68. The lowest BCUT2D eigenvalue weighted by atomic mass is 10.1. The Hall–Kier alpha value is -2.73. The minimum Gasteiger partial charge on any atom is -0.495 e. The van der Waals surface area contributed by atoms with Crippen LogP contribution >= 0.6 is 11.8 Å². The lowest BCUT2D eigenvalue weighted by Crippen LogP contribution is -2.31. The molecule has 30 heavy (non-hydrogen) atoms. The van der Waals surface area contributed by atoms with Crippen molar-refractivity contribution in [2.75, 3.05) is 12.0 Å². The number of anilines is 1. The Bertz CT molecular complexity index is 993. The summed E-state index contributed by atoms with van der Waals surface area (Å²) in [6.45, 7) is 9.84. The summed E-state index contributed by atoms with van der Waals surface area (Å²) in [7, 11) is 1.53. The molecule has 158 valence electrons. The van der Waals surface area contributed by atoms with Gasteiger partial charge in [-0.3, -0.25) is 9.59 Å². The van der Waals surface area contributed by atoms with E-state index in [9.17, 15) is 9.59 Å². The van der Waals surface area contributed by atoms with Crippen LogP contribution in [0.25, 0.3) is 5.57 Å². The van der Waals surface area contributed by atoms with Crippen LogP contribution < -0.4 is 14.4 Å². The zero-order chi connectivity index (χ0) is 22.0. The highest BCUT2D eigenvalue weighted by molar-refractivity contribution is 8.04. The number of ether oxygens (including phenoxy) is 2. The Balaban J connectivity index is 2.08. The summed E-state index contributed by atoms with van der Waals surface area (Å²) in [6.07, 6.45) is 0.0566. The highest BCUT2D eigenvalue weighted by atomic mass is 32.2. The van der Waals surface area contributed by atoms with Gasteiger partial charge in [-0.2, -0.15) is 0 Å². The fraction of sp³-hybridized carbons (Fsp3) is 0.333. The molecule has 0 saturated carbocycles. The number of rotatable bonds is 7. The number of benzene rings is 2. The number of nitrogens with zero attached hydrogens (tertiary/aromatic N) is 1. The summed E-state index contributed by atoms with van der Waals surface area (Å²) in [6, 6.07) is 12.8. The number of amides is 2. The van der Waals surface area contributed by atoms with Gasteiger partial charge in [-0.05, 0) is 56.2 Å². The minimum atomic E-state index is -0.343. The van der Waals surface area contributed by atoms with Crippen LogP contribution in [-0.2, 0) is 9.59 Å². The maximum atomic E-state index is 13.5. The molecule has 2 aromatic rings. The summed E-state index contributed by atoms with van der Waals surface area (Å²) in [4.78, 5) is 28.6. The molecule has 1 aliphatic heterocycles. The predicted octanol–water partition coefficient (Wildman–Crippen LogP) is 5.22. The first-order chi connectivity index (χ1) is 14.2. The molecule has 0 N–H and O–H groups in total. The van der Waals surface area contributed by atoms with Gasteiger partial charge in [-0.15, -0.1) is 11.8 Å². The van der Waals surface area contributed by atoms with Crippen molar-refractivity contribution in [3.63, 3.8) is 0 Å². The molecule has 1 aliphatic rings. The molecule has 3 rings (SSSR count). The molecule has 0 fully saturated rings. The third-order valence-electron chi connectivity index (χ3n) is 4.48. The van der Waals surface area contributed by atoms with Gasteiger partial charge in [0, 0.05) is 5.25 Å². The zero-order valence-electron chi connectivity index (χ0n) is 18.2. The monoisotopic (exact) mass is 425 g/mol. The van der Waals surface area contributed by atoms with Crippen molar-refractivity contribution in [3.8, 4) is 11.5 Å². The van der Waals surface area contributed by atoms with Gasteiger partial charge in [0.1, 0.15) is 11.5 Å². The van der Waals surface area contributed by atoms with Crippen LogP contribution in [0.5, 0.6) is 11.5 Å². The molecule has 6 heteroatoms. The second-order valence-corrected chi connectivity index (χ2v) is 9.27. The number of hydrogen-bond acceptors (Lipinski definition) is 5. The molecule has 0 unspecified atom stereocenters. The molecule has 2 amide bonds. The minimum absolute atomic E-state index is 0.0566. The van der Waals surface area contributed by atoms with E-state index in [2.05, 4.69) is 0 Å². The third-order valence-corrected chi connectivity index (χ3v) is 5.57. The highest BCUT2D eigenvalue weighted by Gasteiger charge is 2.41. The van der Waals surface area contributed by atoms with Crippen molar-refractivity contribution in [2.24, 2.45) is 0 Å². The molecule has 2 aromatic carbocycles. The molecule has 0 radical (unpaired) electrons. The largest absolute Gasteiger partial charge is 0.495 e. The summed E-state index contributed by atoms with van der Waals surface area (Å²) in [5.41, 5.74) is 2.51. The van der Waals surface area contributed by atoms with Crippen molar-refractivity contribution in [2.45, 2.75) is 46.0 Å². The van der Waals surface area contributed by atoms with E-state index >= 15 is 0 Å². The lowest BCUT2D eigenvalue weighted by Gasteiger charge is -2.19. The molecular weight excluding hydrogens is 398 g/mol. The standard InChI is InChI=1S/C24H27NO4S/c1-14(2)29-18-10-8-17(9-11-18)21-22(30-15(3)4)24(27)25(23(21)26)19-13-16(5)7-12-20(19)28-6/h7-15H,1-6H3. The van der Waals surface area contributed by atoms with Crippen molar-refractivity contribution >= 4 is 34.8 Å². The van der Waals surface area contributed by atoms with Gasteiger partial charge in [0.25, 0.3) is 11.8 Å². The van der Waals surface area contributed by atoms with E-state index in [1.165, 1.54) is 23.8 Å². The summed E-state index contributed by atoms with van der Waals surface area (Å²) >= 11 is 1.40. The number of methoxy groups -OCH3 is 1. The van der Waals surface area contributed by atoms with E-state index in [0.29, 0.717) is 27.5 Å². The zero-order valence-corrected chi connectivity index (χ0v) is 19.0. The van der Waals surface area contributed by atoms with Crippen LogP contribution in [0.1, 0.15) is 38.8 Å². The molecule has 0 aliphatic carbocycles. The number of carbonyl (C=O) groups excluding carboxylic acids is 2. The number of thioether (sulfide) groups is 1. The number of imide groups is 1. The fourth-order valence-corrected chi connectivity index (χ4v) is 4.26. The summed E-state index contributed by atoms with van der Waals surface area (Å²) in [5, 5.41) is 0.148. The van der Waals surface area contributed by atoms with E-state index in [4.69, 9.17) is 9.47 Å². The Morgan fingerprint density at radius 3 is 2.17 bits per heavy atom. The molecule has 0 saturated heterocycles. The number of carbonyl (C=O) groups is 2. The Morgan fingerprint density at radius 1 is 0.933 bits per heavy atom. The van der Waals surface area contributed by atoms with Crippen molar-refractivity contribution in [1.82, 2.24) is 0 Å². The van der Waals surface area contributed by atoms with E-state index in [-0.39, 0.29) is 23.2 Å². The number of hydrogen-bond donors (Lipinski definition) is 0. The van der Waals surface area contributed by atoms with Crippen molar-refractivity contribution < 1.29 is 19.1 Å². The topological polar surface area (TPSA) is 55.8 Å². The average Bonchev–Trinajstić information content (AvgIpc) is 2.91. The molecular formula is C24H27NO4S. The molecule has 0 atom stereocenters. The Morgan fingerprint density at radius 2 is 1.60 bits per heavy atom. The van der Waals surface area contributed by atoms with Crippen LogP contribution in [-0.4, -0.2) is 30.3 Å². The van der Waals surface area contributed by atoms with E-state index < -0.39 is 0 Å². The summed E-state index contributed by atoms with van der Waals surface area (Å²) < 4.78 is 11.1. The van der Waals surface area contributed by atoms with Crippen molar-refractivity contribution in [1.29, 1.82) is 0 Å². The maximum absolute atomic E-state index is 13.5. The average molecular weight is 426 g/mol. The van der Waals surface area contributed by atoms with Crippen LogP contribution in [0.3, 0.4) is 0 Å². The van der Waals surface area contributed by atoms with Gasteiger partial charge < -0.3 is 9.47 Å². The first-order valence-electron chi connectivity index (χ1n) is 9.94. The first-order valence-corrected chi connectivity index (χ1v) is 10.8. The van der Waals surface area contributed by atoms with Crippen LogP contribution in [0, 0.1) is 6.92 Å². The predicted molar refractivity (Wildman–Crippen MR) is 122 cm³/mol. The maximum Gasteiger partial charge on any atom is 0.272 e. The van der Waals surface area contributed by atoms with Crippen LogP contribution in [0.2, 0.25) is 0 Å². The SMILES string of the molecule is COc1ccc(C)cc1N1C(=O)C(SC(C)C)=C(c2ccc(OC(C)C)cc2)C1=O. The molecule has 1 heterocycles. The van der Waals surface area contributed by atoms with E-state index in [0.717, 1.165) is 11.3 Å². The van der Waals surface area contributed by atoms with Gasteiger partial charge in [0.05, 0.1) is 29.4 Å². The molecule has 0 spiro atoms.